The maximum absolute atomic E-state index is 12.9. The van der Waals surface area contributed by atoms with Crippen LogP contribution in [0.4, 0.5) is 4.39 Å². The van der Waals surface area contributed by atoms with Crippen molar-refractivity contribution >= 4 is 28.3 Å². The van der Waals surface area contributed by atoms with Gasteiger partial charge in [0.1, 0.15) is 6.17 Å². The number of nitrogens with one attached hydrogen (secondary N) is 1. The Balaban J connectivity index is 0.000000980. The zero-order valence-electron chi connectivity index (χ0n) is 7.54. The van der Waals surface area contributed by atoms with Gasteiger partial charge in [-0.05, 0) is 24.1 Å². The van der Waals surface area contributed by atoms with E-state index in [0.29, 0.717) is 13.0 Å². The van der Waals surface area contributed by atoms with Crippen molar-refractivity contribution in [3.8, 4) is 0 Å². The maximum atomic E-state index is 12.9. The molecule has 1 aromatic rings. The third kappa shape index (κ3) is 2.69. The van der Waals surface area contributed by atoms with Gasteiger partial charge in [-0.2, -0.15) is 0 Å². The summed E-state index contributed by atoms with van der Waals surface area (Å²) in [7, 11) is 0. The molecule has 78 valence electrons. The lowest BCUT2D eigenvalue weighted by Crippen LogP contribution is -2.13. The molecule has 2 rings (SSSR count). The highest BCUT2D eigenvalue weighted by Crippen LogP contribution is 2.26. The average molecular weight is 281 g/mol. The quantitative estimate of drug-likeness (QED) is 0.833. The second kappa shape index (κ2) is 5.10. The molecule has 1 N–H and O–H groups in total. The van der Waals surface area contributed by atoms with Crippen LogP contribution < -0.4 is 5.32 Å². The predicted octanol–water partition coefficient (Wildman–Crippen LogP) is 3.24. The molecule has 1 aromatic carbocycles. The van der Waals surface area contributed by atoms with E-state index in [1.807, 2.05) is 24.3 Å². The van der Waals surface area contributed by atoms with Gasteiger partial charge in [0.2, 0.25) is 0 Å². The Labute approximate surface area is 97.6 Å². The first kappa shape index (κ1) is 12.0. The third-order valence-corrected chi connectivity index (χ3v) is 2.82. The number of hydrogen-bond acceptors (Lipinski definition) is 1. The van der Waals surface area contributed by atoms with Crippen LogP contribution in [0.15, 0.2) is 28.7 Å². The fourth-order valence-corrected chi connectivity index (χ4v) is 2.09. The number of halogens is 3. The summed E-state index contributed by atoms with van der Waals surface area (Å²) in [5.41, 5.74) is 1.16. The van der Waals surface area contributed by atoms with Crippen LogP contribution in [0.5, 0.6) is 0 Å². The number of hydrogen-bond donors (Lipinski definition) is 1. The third-order valence-electron chi connectivity index (χ3n) is 2.33. The Morgan fingerprint density at radius 2 is 2.21 bits per heavy atom. The van der Waals surface area contributed by atoms with Gasteiger partial charge in [0.15, 0.2) is 0 Å². The SMILES string of the molecule is Cl.FC1CNC(c2cccc(Br)c2)C1. The first-order valence-electron chi connectivity index (χ1n) is 4.38. The van der Waals surface area contributed by atoms with Crippen LogP contribution in [-0.2, 0) is 0 Å². The van der Waals surface area contributed by atoms with E-state index < -0.39 is 6.17 Å². The second-order valence-electron chi connectivity index (χ2n) is 3.35. The molecule has 0 bridgehead atoms. The summed E-state index contributed by atoms with van der Waals surface area (Å²) >= 11 is 3.40. The highest BCUT2D eigenvalue weighted by Gasteiger charge is 2.24. The fourth-order valence-electron chi connectivity index (χ4n) is 1.67. The van der Waals surface area contributed by atoms with Crippen LogP contribution >= 0.6 is 28.3 Å². The molecule has 4 heteroatoms. The summed E-state index contributed by atoms with van der Waals surface area (Å²) in [6, 6.07) is 8.21. The molecule has 1 heterocycles. The standard InChI is InChI=1S/C10H11BrFN.ClH/c11-8-3-1-2-7(4-8)10-5-9(12)6-13-10;/h1-4,9-10,13H,5-6H2;1H. The highest BCUT2D eigenvalue weighted by atomic mass is 79.9. The molecule has 0 spiro atoms. The van der Waals surface area contributed by atoms with Gasteiger partial charge in [-0.1, -0.05) is 28.1 Å². The van der Waals surface area contributed by atoms with E-state index in [1.54, 1.807) is 0 Å². The molecule has 1 fully saturated rings. The zero-order valence-corrected chi connectivity index (χ0v) is 9.94. The molecule has 14 heavy (non-hydrogen) atoms. The molecule has 0 aliphatic carbocycles. The van der Waals surface area contributed by atoms with E-state index >= 15 is 0 Å². The van der Waals surface area contributed by atoms with Gasteiger partial charge in [-0.25, -0.2) is 4.39 Å². The number of rotatable bonds is 1. The minimum atomic E-state index is -0.691. The fraction of sp³-hybridized carbons (Fsp3) is 0.400. The highest BCUT2D eigenvalue weighted by molar-refractivity contribution is 9.10. The Kier molecular flexibility index (Phi) is 4.35. The van der Waals surface area contributed by atoms with Crippen molar-refractivity contribution in [3.05, 3.63) is 34.3 Å². The van der Waals surface area contributed by atoms with Crippen LogP contribution in [0.2, 0.25) is 0 Å². The topological polar surface area (TPSA) is 12.0 Å². The molecule has 1 aliphatic rings. The molecule has 0 radical (unpaired) electrons. The van der Waals surface area contributed by atoms with E-state index in [4.69, 9.17) is 0 Å². The van der Waals surface area contributed by atoms with Crippen molar-refractivity contribution in [2.24, 2.45) is 0 Å². The lowest BCUT2D eigenvalue weighted by Gasteiger charge is -2.09. The summed E-state index contributed by atoms with van der Waals surface area (Å²) in [4.78, 5) is 0. The van der Waals surface area contributed by atoms with E-state index in [9.17, 15) is 4.39 Å². The van der Waals surface area contributed by atoms with Crippen LogP contribution in [0.3, 0.4) is 0 Å². The Bertz CT molecular complexity index is 308. The van der Waals surface area contributed by atoms with Crippen LogP contribution in [-0.4, -0.2) is 12.7 Å². The molecule has 2 atom stereocenters. The summed E-state index contributed by atoms with van der Waals surface area (Å²) in [6.07, 6.45) is -0.0971. The van der Waals surface area contributed by atoms with Crippen molar-refractivity contribution < 1.29 is 4.39 Å². The molecule has 0 amide bonds. The van der Waals surface area contributed by atoms with E-state index in [-0.39, 0.29) is 18.4 Å². The Morgan fingerprint density at radius 1 is 1.43 bits per heavy atom. The monoisotopic (exact) mass is 279 g/mol. The molecular formula is C10H12BrClFN. The normalized spacial score (nSPS) is 25.9. The molecule has 1 nitrogen and oxygen atoms in total. The van der Waals surface area contributed by atoms with Crippen molar-refractivity contribution in [3.63, 3.8) is 0 Å². The molecular weight excluding hydrogens is 268 g/mol. The van der Waals surface area contributed by atoms with Gasteiger partial charge in [-0.15, -0.1) is 12.4 Å². The van der Waals surface area contributed by atoms with Crippen molar-refractivity contribution in [2.75, 3.05) is 6.54 Å². The van der Waals surface area contributed by atoms with E-state index in [2.05, 4.69) is 21.2 Å². The minimum absolute atomic E-state index is 0. The molecule has 0 aromatic heterocycles. The first-order chi connectivity index (χ1) is 6.25. The van der Waals surface area contributed by atoms with Crippen molar-refractivity contribution in [1.82, 2.24) is 5.32 Å². The maximum Gasteiger partial charge on any atom is 0.114 e. The van der Waals surface area contributed by atoms with Gasteiger partial charge in [-0.3, -0.25) is 0 Å². The zero-order chi connectivity index (χ0) is 9.26. The molecule has 0 saturated carbocycles. The van der Waals surface area contributed by atoms with Gasteiger partial charge in [0, 0.05) is 17.1 Å². The predicted molar refractivity (Wildman–Crippen MR) is 61.6 cm³/mol. The lowest BCUT2D eigenvalue weighted by atomic mass is 10.1. The smallest absolute Gasteiger partial charge is 0.114 e. The van der Waals surface area contributed by atoms with Crippen LogP contribution in [0.1, 0.15) is 18.0 Å². The second-order valence-corrected chi connectivity index (χ2v) is 4.26. The number of benzene rings is 1. The van der Waals surface area contributed by atoms with E-state index in [0.717, 1.165) is 10.0 Å². The van der Waals surface area contributed by atoms with Gasteiger partial charge in [0.25, 0.3) is 0 Å². The Morgan fingerprint density at radius 3 is 2.79 bits per heavy atom. The Hall–Kier alpha value is -0.120. The summed E-state index contributed by atoms with van der Waals surface area (Å²) in [5.74, 6) is 0. The molecule has 1 saturated heterocycles. The number of alkyl halides is 1. The van der Waals surface area contributed by atoms with E-state index in [1.165, 1.54) is 0 Å². The average Bonchev–Trinajstić information content (AvgIpc) is 2.52. The largest absolute Gasteiger partial charge is 0.307 e. The van der Waals surface area contributed by atoms with Gasteiger partial charge < -0.3 is 5.32 Å². The lowest BCUT2D eigenvalue weighted by molar-refractivity contribution is 0.356. The van der Waals surface area contributed by atoms with Gasteiger partial charge in [0.05, 0.1) is 0 Å². The summed E-state index contributed by atoms with van der Waals surface area (Å²) < 4.78 is 13.9. The van der Waals surface area contributed by atoms with Crippen LogP contribution in [0, 0.1) is 0 Å². The summed E-state index contributed by atoms with van der Waals surface area (Å²) in [5, 5.41) is 3.15. The molecule has 1 aliphatic heterocycles. The van der Waals surface area contributed by atoms with Gasteiger partial charge >= 0.3 is 0 Å². The molecule has 2 unspecified atom stereocenters. The summed E-state index contributed by atoms with van der Waals surface area (Å²) in [6.45, 7) is 0.483. The van der Waals surface area contributed by atoms with Crippen molar-refractivity contribution in [1.29, 1.82) is 0 Å². The van der Waals surface area contributed by atoms with Crippen molar-refractivity contribution in [2.45, 2.75) is 18.6 Å². The first-order valence-corrected chi connectivity index (χ1v) is 5.18. The van der Waals surface area contributed by atoms with Crippen LogP contribution in [0.25, 0.3) is 0 Å². The minimum Gasteiger partial charge on any atom is -0.307 e.